The van der Waals surface area contributed by atoms with Crippen LogP contribution in [-0.2, 0) is 6.42 Å². The van der Waals surface area contributed by atoms with E-state index >= 15 is 0 Å². The first-order valence-electron chi connectivity index (χ1n) is 9.68. The molecule has 0 aromatic heterocycles. The normalized spacial score (nSPS) is 17.7. The summed E-state index contributed by atoms with van der Waals surface area (Å²) in [6.07, 6.45) is 11.5. The van der Waals surface area contributed by atoms with Crippen LogP contribution >= 0.6 is 0 Å². The molecule has 0 aliphatic heterocycles. The number of hydrogen-bond donors (Lipinski definition) is 0. The van der Waals surface area contributed by atoms with Gasteiger partial charge in [0.05, 0.1) is 0 Å². The predicted octanol–water partition coefficient (Wildman–Crippen LogP) is 7.02. The van der Waals surface area contributed by atoms with E-state index in [-0.39, 0.29) is 0 Å². The van der Waals surface area contributed by atoms with Crippen molar-refractivity contribution in [2.24, 2.45) is 17.8 Å². The van der Waals surface area contributed by atoms with Gasteiger partial charge in [-0.1, -0.05) is 88.4 Å². The van der Waals surface area contributed by atoms with Crippen LogP contribution in [0.25, 0.3) is 10.8 Å². The molecule has 2 aromatic rings. The standard InChI is InChI=1S/C23H32/c1-18(2)14-21(15-19-8-4-3-5-9-19)16-20-12-13-22-10-6-7-11-23(22)17-20/h6-7,10-13,17-19,21H,3-5,8-9,14-16H2,1-2H3. The van der Waals surface area contributed by atoms with Gasteiger partial charge in [0.15, 0.2) is 0 Å². The molecule has 1 atom stereocenters. The zero-order chi connectivity index (χ0) is 16.1. The molecule has 1 aliphatic carbocycles. The van der Waals surface area contributed by atoms with Crippen LogP contribution in [0, 0.1) is 17.8 Å². The number of fused-ring (bicyclic) bond motifs is 1. The Bertz CT molecular complexity index is 604. The first-order chi connectivity index (χ1) is 11.2. The van der Waals surface area contributed by atoms with Crippen molar-refractivity contribution in [2.75, 3.05) is 0 Å². The highest BCUT2D eigenvalue weighted by Gasteiger charge is 2.20. The van der Waals surface area contributed by atoms with Gasteiger partial charge in [0.2, 0.25) is 0 Å². The van der Waals surface area contributed by atoms with Gasteiger partial charge in [0.25, 0.3) is 0 Å². The maximum Gasteiger partial charge on any atom is -0.0181 e. The summed E-state index contributed by atoms with van der Waals surface area (Å²) < 4.78 is 0. The van der Waals surface area contributed by atoms with Crippen molar-refractivity contribution in [3.63, 3.8) is 0 Å². The smallest absolute Gasteiger partial charge is 0.0181 e. The first-order valence-corrected chi connectivity index (χ1v) is 9.68. The Kier molecular flexibility index (Phi) is 5.75. The zero-order valence-electron chi connectivity index (χ0n) is 14.9. The van der Waals surface area contributed by atoms with Gasteiger partial charge in [-0.3, -0.25) is 0 Å². The Hall–Kier alpha value is -1.30. The molecule has 0 N–H and O–H groups in total. The van der Waals surface area contributed by atoms with Gasteiger partial charge in [0.1, 0.15) is 0 Å². The molecule has 1 saturated carbocycles. The summed E-state index contributed by atoms with van der Waals surface area (Å²) in [5, 5.41) is 2.76. The fraction of sp³-hybridized carbons (Fsp3) is 0.565. The van der Waals surface area contributed by atoms with Crippen LogP contribution in [0.1, 0.15) is 64.4 Å². The Morgan fingerprint density at radius 1 is 0.913 bits per heavy atom. The van der Waals surface area contributed by atoms with E-state index in [1.54, 1.807) is 0 Å². The molecule has 0 nitrogen and oxygen atoms in total. The van der Waals surface area contributed by atoms with Crippen molar-refractivity contribution in [1.29, 1.82) is 0 Å². The zero-order valence-corrected chi connectivity index (χ0v) is 14.9. The minimum atomic E-state index is 0.809. The Morgan fingerprint density at radius 2 is 1.65 bits per heavy atom. The average Bonchev–Trinajstić information content (AvgIpc) is 2.55. The van der Waals surface area contributed by atoms with Crippen molar-refractivity contribution in [1.82, 2.24) is 0 Å². The van der Waals surface area contributed by atoms with Crippen LogP contribution in [0.15, 0.2) is 42.5 Å². The third kappa shape index (κ3) is 4.83. The molecule has 124 valence electrons. The molecule has 0 bridgehead atoms. The maximum absolute atomic E-state index is 2.42. The van der Waals surface area contributed by atoms with Crippen LogP contribution in [0.3, 0.4) is 0 Å². The summed E-state index contributed by atoms with van der Waals surface area (Å²) in [4.78, 5) is 0. The molecule has 0 saturated heterocycles. The van der Waals surface area contributed by atoms with E-state index in [1.165, 1.54) is 67.7 Å². The highest BCUT2D eigenvalue weighted by atomic mass is 14.3. The van der Waals surface area contributed by atoms with Gasteiger partial charge in [-0.2, -0.15) is 0 Å². The lowest BCUT2D eigenvalue weighted by atomic mass is 9.78. The molecular formula is C23H32. The summed E-state index contributed by atoms with van der Waals surface area (Å²) in [7, 11) is 0. The van der Waals surface area contributed by atoms with E-state index in [0.29, 0.717) is 0 Å². The van der Waals surface area contributed by atoms with Crippen molar-refractivity contribution in [2.45, 2.75) is 65.2 Å². The number of hydrogen-bond acceptors (Lipinski definition) is 0. The average molecular weight is 309 g/mol. The van der Waals surface area contributed by atoms with E-state index in [2.05, 4.69) is 56.3 Å². The van der Waals surface area contributed by atoms with E-state index in [9.17, 15) is 0 Å². The van der Waals surface area contributed by atoms with Gasteiger partial charge in [-0.15, -0.1) is 0 Å². The fourth-order valence-electron chi connectivity index (χ4n) is 4.52. The third-order valence-corrected chi connectivity index (χ3v) is 5.53. The molecule has 2 aromatic carbocycles. The second-order valence-electron chi connectivity index (χ2n) is 8.12. The van der Waals surface area contributed by atoms with E-state index in [4.69, 9.17) is 0 Å². The second kappa shape index (κ2) is 7.99. The molecule has 23 heavy (non-hydrogen) atoms. The minimum Gasteiger partial charge on any atom is -0.0628 e. The topological polar surface area (TPSA) is 0 Å². The van der Waals surface area contributed by atoms with Crippen LogP contribution in [0.2, 0.25) is 0 Å². The number of rotatable bonds is 6. The Morgan fingerprint density at radius 3 is 2.39 bits per heavy atom. The maximum atomic E-state index is 2.42. The molecule has 0 spiro atoms. The molecule has 0 radical (unpaired) electrons. The summed E-state index contributed by atoms with van der Waals surface area (Å²) in [5.41, 5.74) is 1.53. The molecule has 0 heterocycles. The highest BCUT2D eigenvalue weighted by Crippen LogP contribution is 2.33. The molecule has 0 heteroatoms. The second-order valence-corrected chi connectivity index (χ2v) is 8.12. The summed E-state index contributed by atoms with van der Waals surface area (Å²) in [6, 6.07) is 15.8. The largest absolute Gasteiger partial charge is 0.0628 e. The molecule has 1 unspecified atom stereocenters. The Labute approximate surface area is 142 Å². The minimum absolute atomic E-state index is 0.809. The SMILES string of the molecule is CC(C)CC(Cc1ccc2ccccc2c1)CC1CCCCC1. The quantitative estimate of drug-likeness (QED) is 0.538. The lowest BCUT2D eigenvalue weighted by Gasteiger charge is -2.27. The van der Waals surface area contributed by atoms with Crippen molar-refractivity contribution in [3.8, 4) is 0 Å². The van der Waals surface area contributed by atoms with Crippen LogP contribution in [-0.4, -0.2) is 0 Å². The van der Waals surface area contributed by atoms with E-state index in [1.807, 2.05) is 0 Å². The lowest BCUT2D eigenvalue weighted by Crippen LogP contribution is -2.16. The van der Waals surface area contributed by atoms with Crippen LogP contribution in [0.5, 0.6) is 0 Å². The van der Waals surface area contributed by atoms with Gasteiger partial charge < -0.3 is 0 Å². The van der Waals surface area contributed by atoms with Gasteiger partial charge in [-0.25, -0.2) is 0 Å². The fourth-order valence-corrected chi connectivity index (χ4v) is 4.52. The Balaban J connectivity index is 1.70. The van der Waals surface area contributed by atoms with E-state index in [0.717, 1.165) is 17.8 Å². The van der Waals surface area contributed by atoms with Crippen molar-refractivity contribution in [3.05, 3.63) is 48.0 Å². The summed E-state index contributed by atoms with van der Waals surface area (Å²) in [5.74, 6) is 2.66. The molecule has 3 rings (SSSR count). The van der Waals surface area contributed by atoms with E-state index < -0.39 is 0 Å². The number of benzene rings is 2. The molecule has 1 fully saturated rings. The van der Waals surface area contributed by atoms with Crippen LogP contribution in [0.4, 0.5) is 0 Å². The first kappa shape index (κ1) is 16.6. The van der Waals surface area contributed by atoms with Crippen molar-refractivity contribution < 1.29 is 0 Å². The van der Waals surface area contributed by atoms with Gasteiger partial charge in [-0.05, 0) is 53.4 Å². The summed E-state index contributed by atoms with van der Waals surface area (Å²) in [6.45, 7) is 4.77. The monoisotopic (exact) mass is 308 g/mol. The van der Waals surface area contributed by atoms with Gasteiger partial charge in [0, 0.05) is 0 Å². The third-order valence-electron chi connectivity index (χ3n) is 5.53. The van der Waals surface area contributed by atoms with Crippen molar-refractivity contribution >= 4 is 10.8 Å². The lowest BCUT2D eigenvalue weighted by molar-refractivity contribution is 0.262. The van der Waals surface area contributed by atoms with Crippen LogP contribution < -0.4 is 0 Å². The van der Waals surface area contributed by atoms with Gasteiger partial charge >= 0.3 is 0 Å². The highest BCUT2D eigenvalue weighted by molar-refractivity contribution is 5.82. The molecule has 1 aliphatic rings. The predicted molar refractivity (Wildman–Crippen MR) is 102 cm³/mol. The summed E-state index contributed by atoms with van der Waals surface area (Å²) >= 11 is 0. The molecular weight excluding hydrogens is 276 g/mol. The molecule has 0 amide bonds.